The summed E-state index contributed by atoms with van der Waals surface area (Å²) < 4.78 is 7.13. The van der Waals surface area contributed by atoms with E-state index in [4.69, 9.17) is 27.9 Å². The zero-order valence-corrected chi connectivity index (χ0v) is 19.3. The molecule has 0 bridgehead atoms. The molecule has 0 aliphatic carbocycles. The lowest BCUT2D eigenvalue weighted by atomic mass is 10.1. The van der Waals surface area contributed by atoms with Crippen LogP contribution in [0.5, 0.6) is 11.6 Å². The Kier molecular flexibility index (Phi) is 6.64. The van der Waals surface area contributed by atoms with Crippen molar-refractivity contribution in [3.05, 3.63) is 104 Å². The number of amides is 1. The molecule has 0 aliphatic heterocycles. The molecule has 34 heavy (non-hydrogen) atoms. The van der Waals surface area contributed by atoms with Crippen molar-refractivity contribution in [1.29, 1.82) is 5.26 Å². The van der Waals surface area contributed by atoms with Gasteiger partial charge in [0.15, 0.2) is 0 Å². The van der Waals surface area contributed by atoms with Crippen LogP contribution in [0.1, 0.15) is 11.1 Å². The molecule has 0 unspecified atom stereocenters. The van der Waals surface area contributed by atoms with E-state index in [2.05, 4.69) is 10.3 Å². The zero-order valence-electron chi connectivity index (χ0n) is 17.8. The molecule has 0 fully saturated rings. The highest BCUT2D eigenvalue weighted by Crippen LogP contribution is 2.32. The predicted molar refractivity (Wildman–Crippen MR) is 131 cm³/mol. The van der Waals surface area contributed by atoms with E-state index >= 15 is 0 Å². The van der Waals surface area contributed by atoms with E-state index in [1.807, 2.05) is 25.1 Å². The molecular weight excluding hydrogens is 475 g/mol. The number of aromatic nitrogens is 2. The number of benzene rings is 2. The van der Waals surface area contributed by atoms with Crippen LogP contribution < -0.4 is 15.6 Å². The van der Waals surface area contributed by atoms with Crippen LogP contribution in [-0.2, 0) is 4.79 Å². The molecule has 1 amide bonds. The maximum absolute atomic E-state index is 13.3. The van der Waals surface area contributed by atoms with E-state index in [-0.39, 0.29) is 27.8 Å². The van der Waals surface area contributed by atoms with Crippen molar-refractivity contribution in [3.63, 3.8) is 0 Å². The first kappa shape index (κ1) is 23.1. The standard InChI is InChI=1S/C25H16Cl2N4O3/c1-15-6-2-3-7-20(15)29-23(32)16(14-28)12-18-24(34-21-10-9-17(26)13-19(21)27)30-22-8-4-5-11-31(22)25(18)33/h2-13H,1H3,(H,29,32)/b16-12-. The van der Waals surface area contributed by atoms with E-state index in [1.54, 1.807) is 36.4 Å². The summed E-state index contributed by atoms with van der Waals surface area (Å²) in [5, 5.41) is 13.0. The average molecular weight is 491 g/mol. The Balaban J connectivity index is 1.83. The monoisotopic (exact) mass is 490 g/mol. The molecule has 4 rings (SSSR count). The van der Waals surface area contributed by atoms with Gasteiger partial charge in [-0.25, -0.2) is 0 Å². The predicted octanol–water partition coefficient (Wildman–Crippen LogP) is 5.65. The number of carbonyl (C=O) groups excluding carboxylic acids is 1. The van der Waals surface area contributed by atoms with Gasteiger partial charge in [0.05, 0.1) is 5.02 Å². The number of para-hydroxylation sites is 1. The topological polar surface area (TPSA) is 96.5 Å². The molecule has 2 heterocycles. The highest BCUT2D eigenvalue weighted by molar-refractivity contribution is 6.35. The van der Waals surface area contributed by atoms with Gasteiger partial charge in [0, 0.05) is 16.9 Å². The normalized spacial score (nSPS) is 11.2. The zero-order chi connectivity index (χ0) is 24.2. The van der Waals surface area contributed by atoms with Gasteiger partial charge in [-0.1, -0.05) is 47.5 Å². The summed E-state index contributed by atoms with van der Waals surface area (Å²) in [7, 11) is 0. The van der Waals surface area contributed by atoms with Crippen molar-refractivity contribution in [2.45, 2.75) is 6.92 Å². The minimum atomic E-state index is -0.676. The SMILES string of the molecule is Cc1ccccc1NC(=O)/C(C#N)=C\c1c(Oc2ccc(Cl)cc2Cl)nc2ccccn2c1=O. The minimum Gasteiger partial charge on any atom is -0.437 e. The van der Waals surface area contributed by atoms with Gasteiger partial charge in [0.1, 0.15) is 28.6 Å². The number of halogens is 2. The van der Waals surface area contributed by atoms with Gasteiger partial charge >= 0.3 is 0 Å². The molecule has 0 spiro atoms. The third-order valence-electron chi connectivity index (χ3n) is 4.88. The number of anilines is 1. The quantitative estimate of drug-likeness (QED) is 0.288. The van der Waals surface area contributed by atoms with Crippen molar-refractivity contribution < 1.29 is 9.53 Å². The summed E-state index contributed by atoms with van der Waals surface area (Å²) in [5.41, 5.74) is 0.763. The molecule has 2 aromatic carbocycles. The van der Waals surface area contributed by atoms with Gasteiger partial charge in [-0.3, -0.25) is 14.0 Å². The Morgan fingerprint density at radius 3 is 2.65 bits per heavy atom. The molecule has 0 aliphatic rings. The second kappa shape index (κ2) is 9.79. The summed E-state index contributed by atoms with van der Waals surface area (Å²) in [6, 6.07) is 18.6. The van der Waals surface area contributed by atoms with E-state index in [0.717, 1.165) is 11.6 Å². The van der Waals surface area contributed by atoms with E-state index in [9.17, 15) is 14.9 Å². The van der Waals surface area contributed by atoms with Crippen LogP contribution in [-0.4, -0.2) is 15.3 Å². The fourth-order valence-electron chi connectivity index (χ4n) is 3.14. The molecule has 0 saturated carbocycles. The van der Waals surface area contributed by atoms with Crippen LogP contribution in [0.15, 0.2) is 77.2 Å². The Morgan fingerprint density at radius 1 is 1.15 bits per heavy atom. The fourth-order valence-corrected chi connectivity index (χ4v) is 3.59. The first-order chi connectivity index (χ1) is 16.4. The van der Waals surface area contributed by atoms with Crippen molar-refractivity contribution in [2.24, 2.45) is 0 Å². The number of nitriles is 1. The second-order valence-electron chi connectivity index (χ2n) is 7.18. The van der Waals surface area contributed by atoms with Crippen LogP contribution in [0.2, 0.25) is 10.0 Å². The Bertz CT molecular complexity index is 1550. The molecule has 0 atom stereocenters. The lowest BCUT2D eigenvalue weighted by molar-refractivity contribution is -0.112. The summed E-state index contributed by atoms with van der Waals surface area (Å²) >= 11 is 12.2. The average Bonchev–Trinajstić information content (AvgIpc) is 2.82. The molecular formula is C25H16Cl2N4O3. The largest absolute Gasteiger partial charge is 0.437 e. The van der Waals surface area contributed by atoms with E-state index in [1.165, 1.54) is 22.7 Å². The van der Waals surface area contributed by atoms with E-state index in [0.29, 0.717) is 16.4 Å². The number of hydrogen-bond acceptors (Lipinski definition) is 5. The van der Waals surface area contributed by atoms with E-state index < -0.39 is 11.5 Å². The van der Waals surface area contributed by atoms with Gasteiger partial charge in [-0.15, -0.1) is 0 Å². The van der Waals surface area contributed by atoms with Crippen LogP contribution in [0.4, 0.5) is 5.69 Å². The smallest absolute Gasteiger partial charge is 0.269 e. The van der Waals surface area contributed by atoms with Crippen LogP contribution in [0.25, 0.3) is 11.7 Å². The van der Waals surface area contributed by atoms with Crippen molar-refractivity contribution in [1.82, 2.24) is 9.38 Å². The maximum Gasteiger partial charge on any atom is 0.269 e. The number of nitrogens with one attached hydrogen (secondary N) is 1. The maximum atomic E-state index is 13.3. The molecule has 7 nitrogen and oxygen atoms in total. The molecule has 9 heteroatoms. The molecule has 4 aromatic rings. The number of nitrogens with zero attached hydrogens (tertiary/aromatic N) is 3. The van der Waals surface area contributed by atoms with Crippen molar-refractivity contribution >= 4 is 46.5 Å². The highest BCUT2D eigenvalue weighted by Gasteiger charge is 2.18. The Morgan fingerprint density at radius 2 is 1.91 bits per heavy atom. The molecule has 0 saturated heterocycles. The van der Waals surface area contributed by atoms with Gasteiger partial charge in [-0.2, -0.15) is 10.2 Å². The number of aryl methyl sites for hydroxylation is 1. The van der Waals surface area contributed by atoms with Gasteiger partial charge < -0.3 is 10.1 Å². The number of ether oxygens (including phenoxy) is 1. The number of rotatable bonds is 5. The third-order valence-corrected chi connectivity index (χ3v) is 5.41. The summed E-state index contributed by atoms with van der Waals surface area (Å²) in [5.74, 6) is -0.586. The van der Waals surface area contributed by atoms with Gasteiger partial charge in [-0.05, 0) is 55.0 Å². The van der Waals surface area contributed by atoms with Crippen LogP contribution in [0.3, 0.4) is 0 Å². The van der Waals surface area contributed by atoms with Gasteiger partial charge in [0.2, 0.25) is 5.88 Å². The molecule has 2 aromatic heterocycles. The van der Waals surface area contributed by atoms with Crippen LogP contribution >= 0.6 is 23.2 Å². The lowest BCUT2D eigenvalue weighted by Gasteiger charge is -2.12. The highest BCUT2D eigenvalue weighted by atomic mass is 35.5. The minimum absolute atomic E-state index is 0.0915. The summed E-state index contributed by atoms with van der Waals surface area (Å²) in [6.07, 6.45) is 2.68. The number of fused-ring (bicyclic) bond motifs is 1. The number of pyridine rings is 1. The Labute approximate surface area is 204 Å². The first-order valence-electron chi connectivity index (χ1n) is 10.0. The second-order valence-corrected chi connectivity index (χ2v) is 8.02. The van der Waals surface area contributed by atoms with Crippen molar-refractivity contribution in [2.75, 3.05) is 5.32 Å². The van der Waals surface area contributed by atoms with Crippen LogP contribution in [0, 0.1) is 18.3 Å². The molecule has 0 radical (unpaired) electrons. The number of carbonyl (C=O) groups is 1. The fraction of sp³-hybridized carbons (Fsp3) is 0.0400. The molecule has 1 N–H and O–H groups in total. The molecule has 168 valence electrons. The lowest BCUT2D eigenvalue weighted by Crippen LogP contribution is -2.20. The first-order valence-corrected chi connectivity index (χ1v) is 10.8. The summed E-state index contributed by atoms with van der Waals surface area (Å²) in [6.45, 7) is 1.83. The Hall–Kier alpha value is -4.12. The summed E-state index contributed by atoms with van der Waals surface area (Å²) in [4.78, 5) is 30.5. The van der Waals surface area contributed by atoms with Crippen molar-refractivity contribution in [3.8, 4) is 17.7 Å². The number of hydrogen-bond donors (Lipinski definition) is 1. The van der Waals surface area contributed by atoms with Gasteiger partial charge in [0.25, 0.3) is 11.5 Å². The third kappa shape index (κ3) is 4.79.